The van der Waals surface area contributed by atoms with Gasteiger partial charge in [-0.05, 0) is 26.0 Å². The lowest BCUT2D eigenvalue weighted by atomic mass is 10.3. The van der Waals surface area contributed by atoms with Crippen molar-refractivity contribution in [2.45, 2.75) is 30.4 Å². The molecule has 0 bridgehead atoms. The molecule has 1 heterocycles. The maximum absolute atomic E-state index is 9.84. The summed E-state index contributed by atoms with van der Waals surface area (Å²) in [6.45, 7) is 4.22. The molecule has 2 aromatic rings. The van der Waals surface area contributed by atoms with Gasteiger partial charge >= 0.3 is 0 Å². The molecule has 0 amide bonds. The second-order valence-electron chi connectivity index (χ2n) is 5.08. The Kier molecular flexibility index (Phi) is 7.10. The molecule has 0 fully saturated rings. The molecule has 2 N–H and O–H groups in total. The Hall–Kier alpha value is -1.35. The van der Waals surface area contributed by atoms with E-state index in [9.17, 15) is 5.11 Å². The van der Waals surface area contributed by atoms with Crippen LogP contribution in [0.1, 0.15) is 13.8 Å². The Labute approximate surface area is 144 Å². The number of anilines is 2. The van der Waals surface area contributed by atoms with E-state index in [-0.39, 0.29) is 6.10 Å². The van der Waals surface area contributed by atoms with Crippen LogP contribution in [0.25, 0.3) is 0 Å². The zero-order valence-corrected chi connectivity index (χ0v) is 15.0. The molecule has 0 saturated carbocycles. The van der Waals surface area contributed by atoms with Crippen molar-refractivity contribution in [3.8, 4) is 5.75 Å². The first-order chi connectivity index (χ1) is 11.1. The third-order valence-corrected chi connectivity index (χ3v) is 4.87. The lowest BCUT2D eigenvalue weighted by Crippen LogP contribution is -2.20. The van der Waals surface area contributed by atoms with E-state index in [1.54, 1.807) is 7.11 Å². The Balaban J connectivity index is 1.83. The minimum atomic E-state index is -0.513. The molecular weight excluding hydrogens is 334 g/mol. The molecule has 126 valence electrons. The molecule has 0 radical (unpaired) electrons. The summed E-state index contributed by atoms with van der Waals surface area (Å²) in [6, 6.07) is 7.61. The number of aliphatic hydroxyl groups is 1. The molecule has 0 saturated heterocycles. The van der Waals surface area contributed by atoms with Gasteiger partial charge in [0.25, 0.3) is 0 Å². The largest absolute Gasteiger partial charge is 0.497 e. The van der Waals surface area contributed by atoms with Crippen LogP contribution in [0.4, 0.5) is 10.8 Å². The van der Waals surface area contributed by atoms with Crippen molar-refractivity contribution in [3.63, 3.8) is 0 Å². The summed E-state index contributed by atoms with van der Waals surface area (Å²) in [5.41, 5.74) is 0.891. The van der Waals surface area contributed by atoms with Crippen molar-refractivity contribution in [1.82, 2.24) is 10.2 Å². The van der Waals surface area contributed by atoms with Gasteiger partial charge in [-0.2, -0.15) is 0 Å². The minimum absolute atomic E-state index is 0.120. The van der Waals surface area contributed by atoms with Crippen LogP contribution in [-0.2, 0) is 4.74 Å². The molecule has 1 atom stereocenters. The van der Waals surface area contributed by atoms with Crippen molar-refractivity contribution < 1.29 is 14.6 Å². The zero-order chi connectivity index (χ0) is 16.7. The van der Waals surface area contributed by atoms with E-state index in [0.717, 1.165) is 15.8 Å². The fourth-order valence-corrected chi connectivity index (χ4v) is 3.37. The number of ether oxygens (including phenoxy) is 2. The van der Waals surface area contributed by atoms with Crippen molar-refractivity contribution in [1.29, 1.82) is 0 Å². The van der Waals surface area contributed by atoms with Gasteiger partial charge in [0.15, 0.2) is 4.34 Å². The molecule has 2 rings (SSSR count). The van der Waals surface area contributed by atoms with Crippen molar-refractivity contribution in [2.75, 3.05) is 24.8 Å². The van der Waals surface area contributed by atoms with Crippen LogP contribution in [0.5, 0.6) is 5.75 Å². The monoisotopic (exact) mass is 355 g/mol. The van der Waals surface area contributed by atoms with Gasteiger partial charge in [0.2, 0.25) is 5.13 Å². The van der Waals surface area contributed by atoms with Gasteiger partial charge in [0.1, 0.15) is 5.75 Å². The molecule has 6 nitrogen and oxygen atoms in total. The average Bonchev–Trinajstić information content (AvgIpc) is 2.98. The number of aliphatic hydroxyl groups excluding tert-OH is 1. The van der Waals surface area contributed by atoms with E-state index in [0.29, 0.717) is 17.5 Å². The maximum atomic E-state index is 9.84. The Morgan fingerprint density at radius 1 is 1.35 bits per heavy atom. The molecule has 0 aliphatic rings. The molecule has 0 aliphatic carbocycles. The first-order valence-corrected chi connectivity index (χ1v) is 9.04. The van der Waals surface area contributed by atoms with Gasteiger partial charge < -0.3 is 19.9 Å². The topological polar surface area (TPSA) is 76.5 Å². The Morgan fingerprint density at radius 3 is 2.91 bits per heavy atom. The quantitative estimate of drug-likeness (QED) is 0.669. The minimum Gasteiger partial charge on any atom is -0.497 e. The van der Waals surface area contributed by atoms with Crippen LogP contribution in [0.3, 0.4) is 0 Å². The summed E-state index contributed by atoms with van der Waals surface area (Å²) in [4.78, 5) is 0. The molecule has 0 spiro atoms. The van der Waals surface area contributed by atoms with Gasteiger partial charge in [-0.1, -0.05) is 29.2 Å². The predicted molar refractivity (Wildman–Crippen MR) is 94.0 cm³/mol. The second kappa shape index (κ2) is 9.07. The van der Waals surface area contributed by atoms with Gasteiger partial charge in [-0.15, -0.1) is 10.2 Å². The van der Waals surface area contributed by atoms with Gasteiger partial charge in [0.05, 0.1) is 25.9 Å². The molecule has 0 aliphatic heterocycles. The van der Waals surface area contributed by atoms with E-state index < -0.39 is 6.10 Å². The Morgan fingerprint density at radius 2 is 2.17 bits per heavy atom. The molecule has 0 unspecified atom stereocenters. The van der Waals surface area contributed by atoms with Crippen molar-refractivity contribution in [2.24, 2.45) is 0 Å². The number of thioether (sulfide) groups is 1. The van der Waals surface area contributed by atoms with Crippen molar-refractivity contribution in [3.05, 3.63) is 24.3 Å². The van der Waals surface area contributed by atoms with Crippen LogP contribution < -0.4 is 10.1 Å². The first kappa shape index (κ1) is 18.0. The number of nitrogens with one attached hydrogen (secondary N) is 1. The fourth-order valence-electron chi connectivity index (χ4n) is 1.66. The number of nitrogens with zero attached hydrogens (tertiary/aromatic N) is 2. The first-order valence-electron chi connectivity index (χ1n) is 7.24. The van der Waals surface area contributed by atoms with E-state index >= 15 is 0 Å². The third kappa shape index (κ3) is 6.34. The second-order valence-corrected chi connectivity index (χ2v) is 7.32. The predicted octanol–water partition coefficient (Wildman–Crippen LogP) is 3.17. The maximum Gasteiger partial charge on any atom is 0.210 e. The van der Waals surface area contributed by atoms with Gasteiger partial charge in [-0.3, -0.25) is 0 Å². The van der Waals surface area contributed by atoms with Crippen LogP contribution in [0, 0.1) is 0 Å². The van der Waals surface area contributed by atoms with Crippen molar-refractivity contribution >= 4 is 33.9 Å². The fraction of sp³-hybridized carbons (Fsp3) is 0.467. The highest BCUT2D eigenvalue weighted by Crippen LogP contribution is 2.29. The van der Waals surface area contributed by atoms with Crippen LogP contribution in [0.15, 0.2) is 28.6 Å². The highest BCUT2D eigenvalue weighted by molar-refractivity contribution is 8.01. The van der Waals surface area contributed by atoms with E-state index in [1.807, 2.05) is 38.1 Å². The summed E-state index contributed by atoms with van der Waals surface area (Å²) in [7, 11) is 1.63. The van der Waals surface area contributed by atoms with Crippen LogP contribution >= 0.6 is 23.1 Å². The van der Waals surface area contributed by atoms with Crippen LogP contribution in [-0.4, -0.2) is 47.0 Å². The summed E-state index contributed by atoms with van der Waals surface area (Å²) in [5, 5.41) is 21.9. The van der Waals surface area contributed by atoms with Gasteiger partial charge in [-0.25, -0.2) is 0 Å². The third-order valence-electron chi connectivity index (χ3n) is 2.75. The summed E-state index contributed by atoms with van der Waals surface area (Å²) >= 11 is 2.91. The normalized spacial score (nSPS) is 12.4. The number of methoxy groups -OCH3 is 1. The Bertz CT molecular complexity index is 607. The van der Waals surface area contributed by atoms with Gasteiger partial charge in [0, 0.05) is 17.5 Å². The molecule has 23 heavy (non-hydrogen) atoms. The SMILES string of the molecule is COc1cccc(Nc2nnc(SC[C@@H](O)COC(C)C)s2)c1. The lowest BCUT2D eigenvalue weighted by Gasteiger charge is -2.12. The number of hydrogen-bond acceptors (Lipinski definition) is 8. The summed E-state index contributed by atoms with van der Waals surface area (Å²) in [6.07, 6.45) is -0.393. The van der Waals surface area contributed by atoms with E-state index in [4.69, 9.17) is 9.47 Å². The number of aromatic nitrogens is 2. The number of benzene rings is 1. The highest BCUT2D eigenvalue weighted by atomic mass is 32.2. The highest BCUT2D eigenvalue weighted by Gasteiger charge is 2.10. The standard InChI is InChI=1S/C15H21N3O3S2/c1-10(2)21-8-12(19)9-22-15-18-17-14(23-15)16-11-5-4-6-13(7-11)20-3/h4-7,10,12,19H,8-9H2,1-3H3,(H,16,17)/t12-/m0/s1. The summed E-state index contributed by atoms with van der Waals surface area (Å²) in [5.74, 6) is 1.31. The molecule has 8 heteroatoms. The summed E-state index contributed by atoms with van der Waals surface area (Å²) < 4.78 is 11.4. The smallest absolute Gasteiger partial charge is 0.210 e. The molecule has 1 aromatic carbocycles. The number of hydrogen-bond donors (Lipinski definition) is 2. The van der Waals surface area contributed by atoms with E-state index in [1.165, 1.54) is 23.1 Å². The average molecular weight is 355 g/mol. The number of rotatable bonds is 9. The van der Waals surface area contributed by atoms with Crippen LogP contribution in [0.2, 0.25) is 0 Å². The molecule has 1 aromatic heterocycles. The lowest BCUT2D eigenvalue weighted by molar-refractivity contribution is 0.0152. The zero-order valence-electron chi connectivity index (χ0n) is 13.4. The molecular formula is C15H21N3O3S2. The van der Waals surface area contributed by atoms with E-state index in [2.05, 4.69) is 15.5 Å².